The highest BCUT2D eigenvalue weighted by molar-refractivity contribution is 7.89. The van der Waals surface area contributed by atoms with Crippen molar-refractivity contribution in [3.05, 3.63) is 36.4 Å². The third-order valence-corrected chi connectivity index (χ3v) is 5.85. The lowest BCUT2D eigenvalue weighted by molar-refractivity contribution is 0.289. The quantitative estimate of drug-likeness (QED) is 0.816. The zero-order chi connectivity index (χ0) is 17.2. The van der Waals surface area contributed by atoms with Gasteiger partial charge in [0.15, 0.2) is 5.82 Å². The molecule has 2 heterocycles. The molecule has 0 spiro atoms. The zero-order valence-corrected chi connectivity index (χ0v) is 15.8. The van der Waals surface area contributed by atoms with Crippen LogP contribution in [-0.4, -0.2) is 53.2 Å². The molecular formula is C15H22ClN5O3S. The van der Waals surface area contributed by atoms with Gasteiger partial charge in [0, 0.05) is 32.7 Å². The molecule has 0 radical (unpaired) electrons. The molecule has 1 aliphatic heterocycles. The molecule has 10 heteroatoms. The first-order valence-electron chi connectivity index (χ1n) is 7.76. The number of benzene rings is 1. The van der Waals surface area contributed by atoms with Crippen LogP contribution in [0, 0.1) is 0 Å². The molecule has 1 fully saturated rings. The van der Waals surface area contributed by atoms with Crippen LogP contribution in [-0.2, 0) is 23.7 Å². The number of hydrogen-bond donors (Lipinski definition) is 1. The van der Waals surface area contributed by atoms with Crippen LogP contribution in [0.25, 0.3) is 0 Å². The van der Waals surface area contributed by atoms with E-state index in [0.29, 0.717) is 31.2 Å². The van der Waals surface area contributed by atoms with Crippen molar-refractivity contribution in [2.45, 2.75) is 24.5 Å². The van der Waals surface area contributed by atoms with E-state index < -0.39 is 10.0 Å². The fraction of sp³-hybridized carbons (Fsp3) is 0.467. The molecule has 0 saturated carbocycles. The minimum absolute atomic E-state index is 0. The van der Waals surface area contributed by atoms with Crippen molar-refractivity contribution in [1.82, 2.24) is 24.4 Å². The number of rotatable bonds is 5. The van der Waals surface area contributed by atoms with Crippen LogP contribution >= 0.6 is 12.4 Å². The Bertz CT molecular complexity index is 794. The van der Waals surface area contributed by atoms with E-state index in [1.165, 1.54) is 10.6 Å². The third kappa shape index (κ3) is 4.49. The maximum Gasteiger partial charge on any atom is 0.243 e. The molecule has 8 nitrogen and oxygen atoms in total. The molecule has 1 saturated heterocycles. The van der Waals surface area contributed by atoms with E-state index in [9.17, 15) is 8.42 Å². The molecule has 0 amide bonds. The highest BCUT2D eigenvalue weighted by atomic mass is 35.5. The summed E-state index contributed by atoms with van der Waals surface area (Å²) in [5.74, 6) is 1.28. The minimum atomic E-state index is -3.47. The van der Waals surface area contributed by atoms with Crippen molar-refractivity contribution in [3.63, 3.8) is 0 Å². The van der Waals surface area contributed by atoms with Crippen molar-refractivity contribution in [2.75, 3.05) is 19.6 Å². The van der Waals surface area contributed by atoms with Crippen molar-refractivity contribution < 1.29 is 13.2 Å². The van der Waals surface area contributed by atoms with Crippen LogP contribution in [0.5, 0.6) is 5.75 Å². The Labute approximate surface area is 153 Å². The molecule has 0 aliphatic carbocycles. The van der Waals surface area contributed by atoms with E-state index in [4.69, 9.17) is 4.74 Å². The van der Waals surface area contributed by atoms with Crippen molar-refractivity contribution in [3.8, 4) is 5.75 Å². The van der Waals surface area contributed by atoms with Gasteiger partial charge in [-0.2, -0.15) is 9.40 Å². The first-order valence-corrected chi connectivity index (χ1v) is 9.20. The molecule has 1 aromatic heterocycles. The van der Waals surface area contributed by atoms with Crippen LogP contribution < -0.4 is 10.1 Å². The van der Waals surface area contributed by atoms with Gasteiger partial charge in [-0.15, -0.1) is 12.4 Å². The van der Waals surface area contributed by atoms with Gasteiger partial charge < -0.3 is 10.1 Å². The number of ether oxygens (including phenoxy) is 1. The fourth-order valence-electron chi connectivity index (χ4n) is 2.57. The van der Waals surface area contributed by atoms with Gasteiger partial charge in [0.1, 0.15) is 18.7 Å². The Kier molecular flexibility index (Phi) is 6.39. The van der Waals surface area contributed by atoms with E-state index in [1.807, 2.05) is 6.92 Å². The van der Waals surface area contributed by atoms with Gasteiger partial charge in [-0.3, -0.25) is 4.68 Å². The molecular weight excluding hydrogens is 366 g/mol. The second kappa shape index (κ2) is 8.13. The van der Waals surface area contributed by atoms with Crippen molar-refractivity contribution in [2.24, 2.45) is 7.05 Å². The van der Waals surface area contributed by atoms with E-state index in [0.717, 1.165) is 0 Å². The van der Waals surface area contributed by atoms with Crippen LogP contribution in [0.15, 0.2) is 35.5 Å². The average molecular weight is 388 g/mol. The number of aromatic nitrogens is 3. The van der Waals surface area contributed by atoms with Crippen LogP contribution in [0.2, 0.25) is 0 Å². The smallest absolute Gasteiger partial charge is 0.243 e. The average Bonchev–Trinajstić information content (AvgIpc) is 2.98. The number of sulfonamides is 1. The molecule has 1 aliphatic rings. The van der Waals surface area contributed by atoms with Crippen LogP contribution in [0.3, 0.4) is 0 Å². The van der Waals surface area contributed by atoms with E-state index in [2.05, 4.69) is 15.4 Å². The number of nitrogens with one attached hydrogen (secondary N) is 1. The summed E-state index contributed by atoms with van der Waals surface area (Å²) < 4.78 is 34.1. The second-order valence-corrected chi connectivity index (χ2v) is 7.72. The molecule has 1 N–H and O–H groups in total. The molecule has 1 atom stereocenters. The standard InChI is InChI=1S/C15H21N5O3S.ClH/c1-12-9-20(8-7-16-12)24(21,22)14-5-3-13(4-6-14)23-10-15-17-11-18-19(15)2;/h3-6,11-12,16H,7-10H2,1-2H3;1H. The SMILES string of the molecule is CC1CN(S(=O)(=O)c2ccc(OCc3ncnn3C)cc2)CCN1.Cl. The molecule has 3 rings (SSSR count). The van der Waals surface area contributed by atoms with Gasteiger partial charge in [-0.25, -0.2) is 13.4 Å². The van der Waals surface area contributed by atoms with Crippen molar-refractivity contribution in [1.29, 1.82) is 0 Å². The van der Waals surface area contributed by atoms with Gasteiger partial charge >= 0.3 is 0 Å². The normalized spacial score (nSPS) is 18.6. The van der Waals surface area contributed by atoms with Gasteiger partial charge in [0.25, 0.3) is 0 Å². The maximum absolute atomic E-state index is 12.7. The Morgan fingerprint density at radius 3 is 2.64 bits per heavy atom. The summed E-state index contributed by atoms with van der Waals surface area (Å²) in [5.41, 5.74) is 0. The summed E-state index contributed by atoms with van der Waals surface area (Å²) in [6.07, 6.45) is 1.46. The van der Waals surface area contributed by atoms with Gasteiger partial charge in [0.05, 0.1) is 4.90 Å². The third-order valence-electron chi connectivity index (χ3n) is 3.97. The van der Waals surface area contributed by atoms with Crippen LogP contribution in [0.1, 0.15) is 12.7 Å². The lowest BCUT2D eigenvalue weighted by atomic mass is 10.3. The molecule has 1 unspecified atom stereocenters. The fourth-order valence-corrected chi connectivity index (χ4v) is 4.10. The zero-order valence-electron chi connectivity index (χ0n) is 14.1. The van der Waals surface area contributed by atoms with Gasteiger partial charge in [-0.1, -0.05) is 0 Å². The highest BCUT2D eigenvalue weighted by Crippen LogP contribution is 2.21. The second-order valence-electron chi connectivity index (χ2n) is 5.78. The van der Waals surface area contributed by atoms with Crippen LogP contribution in [0.4, 0.5) is 0 Å². The minimum Gasteiger partial charge on any atom is -0.486 e. The monoisotopic (exact) mass is 387 g/mol. The molecule has 1 aromatic carbocycles. The Morgan fingerprint density at radius 1 is 1.32 bits per heavy atom. The lowest BCUT2D eigenvalue weighted by Crippen LogP contribution is -2.51. The number of hydrogen-bond acceptors (Lipinski definition) is 6. The Balaban J connectivity index is 0.00000225. The first kappa shape index (κ1) is 19.6. The Hall–Kier alpha value is -1.68. The summed E-state index contributed by atoms with van der Waals surface area (Å²) in [7, 11) is -1.68. The van der Waals surface area contributed by atoms with Crippen molar-refractivity contribution >= 4 is 22.4 Å². The molecule has 25 heavy (non-hydrogen) atoms. The number of nitrogens with zero attached hydrogens (tertiary/aromatic N) is 4. The van der Waals surface area contributed by atoms with E-state index in [-0.39, 0.29) is 30.0 Å². The van der Waals surface area contributed by atoms with Gasteiger partial charge in [0.2, 0.25) is 10.0 Å². The largest absolute Gasteiger partial charge is 0.486 e. The molecule has 2 aromatic rings. The molecule has 0 bridgehead atoms. The predicted octanol–water partition coefficient (Wildman–Crippen LogP) is 0.798. The Morgan fingerprint density at radius 2 is 2.04 bits per heavy atom. The summed E-state index contributed by atoms with van der Waals surface area (Å²) in [4.78, 5) is 4.35. The summed E-state index contributed by atoms with van der Waals surface area (Å²) in [5, 5.41) is 7.21. The van der Waals surface area contributed by atoms with Gasteiger partial charge in [-0.05, 0) is 31.2 Å². The number of halogens is 1. The first-order chi connectivity index (χ1) is 11.5. The number of aryl methyl sites for hydroxylation is 1. The summed E-state index contributed by atoms with van der Waals surface area (Å²) in [6, 6.07) is 6.63. The maximum atomic E-state index is 12.7. The summed E-state index contributed by atoms with van der Waals surface area (Å²) >= 11 is 0. The highest BCUT2D eigenvalue weighted by Gasteiger charge is 2.28. The lowest BCUT2D eigenvalue weighted by Gasteiger charge is -2.31. The predicted molar refractivity (Wildman–Crippen MR) is 95.2 cm³/mol. The topological polar surface area (TPSA) is 89.3 Å². The number of piperazine rings is 1. The summed E-state index contributed by atoms with van der Waals surface area (Å²) in [6.45, 7) is 3.88. The van der Waals surface area contributed by atoms with E-state index in [1.54, 1.807) is 36.0 Å². The molecule has 138 valence electrons. The van der Waals surface area contributed by atoms with E-state index >= 15 is 0 Å².